The van der Waals surface area contributed by atoms with Gasteiger partial charge in [0.2, 0.25) is 5.91 Å². The minimum absolute atomic E-state index is 0.124. The number of carbonyl (C=O) groups is 1. The Kier molecular flexibility index (Phi) is 2.98. The molecule has 1 amide bonds. The van der Waals surface area contributed by atoms with Crippen LogP contribution >= 0.6 is 27.5 Å². The van der Waals surface area contributed by atoms with E-state index in [0.717, 1.165) is 11.4 Å². The molecule has 1 aliphatic heterocycles. The summed E-state index contributed by atoms with van der Waals surface area (Å²) in [6.45, 7) is 2.56. The molecule has 1 saturated heterocycles. The van der Waals surface area contributed by atoms with Crippen molar-refractivity contribution in [2.45, 2.75) is 18.2 Å². The lowest BCUT2D eigenvalue weighted by molar-refractivity contribution is -0.117. The third kappa shape index (κ3) is 2.32. The Labute approximate surface area is 102 Å². The van der Waals surface area contributed by atoms with Gasteiger partial charge in [-0.15, -0.1) is 0 Å². The average Bonchev–Trinajstić information content (AvgIpc) is 2.43. The Morgan fingerprint density at radius 1 is 1.60 bits per heavy atom. The third-order valence-electron chi connectivity index (χ3n) is 2.30. The summed E-state index contributed by atoms with van der Waals surface area (Å²) < 4.78 is 0. The number of hydrogen-bond donors (Lipinski definition) is 0. The molecule has 5 heteroatoms. The van der Waals surface area contributed by atoms with Crippen molar-refractivity contribution in [2.24, 2.45) is 0 Å². The van der Waals surface area contributed by atoms with Crippen molar-refractivity contribution in [3.63, 3.8) is 0 Å². The largest absolute Gasteiger partial charge is 0.311 e. The van der Waals surface area contributed by atoms with Crippen molar-refractivity contribution in [1.82, 2.24) is 4.98 Å². The fraction of sp³-hybridized carbons (Fsp3) is 0.400. The number of nitrogens with zero attached hydrogens (tertiary/aromatic N) is 2. The van der Waals surface area contributed by atoms with Crippen LogP contribution in [-0.2, 0) is 4.79 Å². The molecule has 1 aliphatic rings. The van der Waals surface area contributed by atoms with Gasteiger partial charge >= 0.3 is 0 Å². The van der Waals surface area contributed by atoms with E-state index in [-0.39, 0.29) is 10.7 Å². The minimum Gasteiger partial charge on any atom is -0.311 e. The molecule has 0 radical (unpaired) electrons. The predicted octanol–water partition coefficient (Wildman–Crippen LogP) is 2.54. The predicted molar refractivity (Wildman–Crippen MR) is 63.7 cm³/mol. The lowest BCUT2D eigenvalue weighted by atomic mass is 10.3. The van der Waals surface area contributed by atoms with Crippen LogP contribution in [0.5, 0.6) is 0 Å². The molecule has 0 spiro atoms. The monoisotopic (exact) mass is 288 g/mol. The van der Waals surface area contributed by atoms with E-state index in [1.807, 2.05) is 13.0 Å². The topological polar surface area (TPSA) is 33.2 Å². The zero-order chi connectivity index (χ0) is 11.0. The summed E-state index contributed by atoms with van der Waals surface area (Å²) in [5.41, 5.74) is 1.66. The molecular weight excluding hydrogens is 279 g/mol. The maximum Gasteiger partial charge on any atom is 0.228 e. The smallest absolute Gasteiger partial charge is 0.228 e. The summed E-state index contributed by atoms with van der Waals surface area (Å²) in [7, 11) is 0. The Morgan fingerprint density at radius 3 is 2.87 bits per heavy atom. The summed E-state index contributed by atoms with van der Waals surface area (Å²) in [6.07, 6.45) is 0.541. The highest BCUT2D eigenvalue weighted by atomic mass is 79.9. The zero-order valence-corrected chi connectivity index (χ0v) is 10.5. The van der Waals surface area contributed by atoms with Crippen LogP contribution in [0.25, 0.3) is 0 Å². The van der Waals surface area contributed by atoms with Crippen LogP contribution < -0.4 is 4.90 Å². The van der Waals surface area contributed by atoms with E-state index in [9.17, 15) is 4.79 Å². The van der Waals surface area contributed by atoms with E-state index < -0.39 is 0 Å². The Hall–Kier alpha value is -0.610. The van der Waals surface area contributed by atoms with Crippen molar-refractivity contribution in [3.8, 4) is 0 Å². The molecule has 0 N–H and O–H groups in total. The maximum atomic E-state index is 11.6. The molecule has 1 fully saturated rings. The van der Waals surface area contributed by atoms with Gasteiger partial charge in [-0.25, -0.2) is 4.98 Å². The normalized spacial score (nSPS) is 21.1. The summed E-state index contributed by atoms with van der Waals surface area (Å²) in [5, 5.41) is 0.427. The van der Waals surface area contributed by atoms with Crippen LogP contribution in [0, 0.1) is 6.92 Å². The van der Waals surface area contributed by atoms with Gasteiger partial charge < -0.3 is 4.90 Å². The van der Waals surface area contributed by atoms with E-state index in [4.69, 9.17) is 11.6 Å². The first-order chi connectivity index (χ1) is 7.06. The summed E-state index contributed by atoms with van der Waals surface area (Å²) in [5.74, 6) is 0.124. The Bertz CT molecular complexity index is 390. The van der Waals surface area contributed by atoms with E-state index in [0.29, 0.717) is 18.1 Å². The molecule has 1 atom stereocenters. The van der Waals surface area contributed by atoms with E-state index in [2.05, 4.69) is 20.9 Å². The number of aromatic nitrogens is 1. The van der Waals surface area contributed by atoms with Crippen LogP contribution in [0.15, 0.2) is 12.1 Å². The van der Waals surface area contributed by atoms with Gasteiger partial charge in [-0.3, -0.25) is 4.79 Å². The van der Waals surface area contributed by atoms with E-state index >= 15 is 0 Å². The molecule has 0 aromatic carbocycles. The number of hydrogen-bond acceptors (Lipinski definition) is 2. The molecule has 2 heterocycles. The van der Waals surface area contributed by atoms with Crippen molar-refractivity contribution >= 4 is 39.1 Å². The summed E-state index contributed by atoms with van der Waals surface area (Å²) >= 11 is 9.29. The number of rotatable bonds is 1. The van der Waals surface area contributed by atoms with Gasteiger partial charge in [0.1, 0.15) is 5.15 Å². The molecule has 0 saturated carbocycles. The number of amides is 1. The Morgan fingerprint density at radius 2 is 2.33 bits per heavy atom. The maximum absolute atomic E-state index is 11.6. The van der Waals surface area contributed by atoms with Gasteiger partial charge in [0.05, 0.1) is 0 Å². The van der Waals surface area contributed by atoms with Gasteiger partial charge in [-0.05, 0) is 19.1 Å². The summed E-state index contributed by atoms with van der Waals surface area (Å²) in [4.78, 5) is 17.7. The molecule has 0 bridgehead atoms. The quantitative estimate of drug-likeness (QED) is 0.588. The highest BCUT2D eigenvalue weighted by Gasteiger charge is 2.29. The molecular formula is C10H10BrClN2O. The number of halogens is 2. The lowest BCUT2D eigenvalue weighted by Gasteiger charge is -2.16. The SMILES string of the molecule is Cc1cc(N2CC(Br)CC2=O)cc(Cl)n1. The second kappa shape index (κ2) is 4.10. The molecule has 0 aliphatic carbocycles. The van der Waals surface area contributed by atoms with Crippen LogP contribution in [0.3, 0.4) is 0 Å². The third-order valence-corrected chi connectivity index (χ3v) is 3.10. The lowest BCUT2D eigenvalue weighted by Crippen LogP contribution is -2.24. The highest BCUT2D eigenvalue weighted by Crippen LogP contribution is 2.27. The van der Waals surface area contributed by atoms with Crippen molar-refractivity contribution < 1.29 is 4.79 Å². The number of anilines is 1. The van der Waals surface area contributed by atoms with E-state index in [1.165, 1.54) is 0 Å². The standard InChI is InChI=1S/C10H10BrClN2O/c1-6-2-8(4-9(12)13-6)14-5-7(11)3-10(14)15/h2,4,7H,3,5H2,1H3. The second-order valence-corrected chi connectivity index (χ2v) is 5.28. The van der Waals surface area contributed by atoms with Gasteiger partial charge in [0.15, 0.2) is 0 Å². The molecule has 15 heavy (non-hydrogen) atoms. The van der Waals surface area contributed by atoms with Crippen LogP contribution in [0.1, 0.15) is 12.1 Å². The number of alkyl halides is 1. The number of pyridine rings is 1. The zero-order valence-electron chi connectivity index (χ0n) is 8.20. The summed E-state index contributed by atoms with van der Waals surface area (Å²) in [6, 6.07) is 3.59. The highest BCUT2D eigenvalue weighted by molar-refractivity contribution is 9.09. The van der Waals surface area contributed by atoms with Gasteiger partial charge in [0, 0.05) is 29.2 Å². The van der Waals surface area contributed by atoms with Gasteiger partial charge in [-0.1, -0.05) is 27.5 Å². The Balaban J connectivity index is 2.33. The first kappa shape index (κ1) is 10.9. The van der Waals surface area contributed by atoms with Crippen LogP contribution in [-0.4, -0.2) is 22.3 Å². The van der Waals surface area contributed by atoms with E-state index in [1.54, 1.807) is 11.0 Å². The van der Waals surface area contributed by atoms with Crippen LogP contribution in [0.4, 0.5) is 5.69 Å². The first-order valence-corrected chi connectivity index (χ1v) is 5.94. The fourth-order valence-corrected chi connectivity index (χ4v) is 2.49. The molecule has 1 aromatic heterocycles. The molecule has 2 rings (SSSR count). The van der Waals surface area contributed by atoms with Crippen molar-refractivity contribution in [1.29, 1.82) is 0 Å². The van der Waals surface area contributed by atoms with Crippen molar-refractivity contribution in [2.75, 3.05) is 11.4 Å². The molecule has 1 unspecified atom stereocenters. The minimum atomic E-state index is 0.124. The molecule has 3 nitrogen and oxygen atoms in total. The van der Waals surface area contributed by atoms with Gasteiger partial charge in [-0.2, -0.15) is 0 Å². The average molecular weight is 290 g/mol. The first-order valence-electron chi connectivity index (χ1n) is 4.65. The van der Waals surface area contributed by atoms with Gasteiger partial charge in [0.25, 0.3) is 0 Å². The molecule has 1 aromatic rings. The number of aryl methyl sites for hydroxylation is 1. The second-order valence-electron chi connectivity index (χ2n) is 3.60. The number of carbonyl (C=O) groups excluding carboxylic acids is 1. The van der Waals surface area contributed by atoms with Crippen LogP contribution in [0.2, 0.25) is 5.15 Å². The van der Waals surface area contributed by atoms with Crippen molar-refractivity contribution in [3.05, 3.63) is 23.0 Å². The fourth-order valence-electron chi connectivity index (χ4n) is 1.68. The molecule has 80 valence electrons.